The standard InChI is InChI=1S/C7H2F5.Li/c8-5-3-1-2-4(6(5)9)7(10,11)12;/h1-2H;/q-1;+1. The molecule has 0 unspecified atom stereocenters. The average molecular weight is 188 g/mol. The third-order valence-corrected chi connectivity index (χ3v) is 1.19. The van der Waals surface area contributed by atoms with Gasteiger partial charge < -0.3 is 0 Å². The predicted octanol–water partition coefficient (Wildman–Crippen LogP) is -0.212. The fourth-order valence-electron chi connectivity index (χ4n) is 0.672. The molecule has 0 aromatic heterocycles. The van der Waals surface area contributed by atoms with Crippen LogP contribution < -0.4 is 18.9 Å². The van der Waals surface area contributed by atoms with E-state index < -0.39 is 23.4 Å². The fourth-order valence-corrected chi connectivity index (χ4v) is 0.672. The summed E-state index contributed by atoms with van der Waals surface area (Å²) in [5.41, 5.74) is -1.61. The Morgan fingerprint density at radius 1 is 1.15 bits per heavy atom. The second kappa shape index (κ2) is 4.12. The van der Waals surface area contributed by atoms with Crippen LogP contribution in [-0.4, -0.2) is 0 Å². The van der Waals surface area contributed by atoms with Gasteiger partial charge in [0.05, 0.1) is 5.82 Å². The van der Waals surface area contributed by atoms with E-state index in [1.807, 2.05) is 0 Å². The van der Waals surface area contributed by atoms with E-state index in [2.05, 4.69) is 0 Å². The monoisotopic (exact) mass is 188 g/mol. The Kier molecular flexibility index (Phi) is 3.95. The zero-order valence-corrected chi connectivity index (χ0v) is 6.54. The van der Waals surface area contributed by atoms with E-state index in [4.69, 9.17) is 0 Å². The van der Waals surface area contributed by atoms with E-state index >= 15 is 0 Å². The van der Waals surface area contributed by atoms with Gasteiger partial charge in [-0.05, 0) is 5.56 Å². The van der Waals surface area contributed by atoms with Crippen molar-refractivity contribution < 1.29 is 40.8 Å². The Balaban J connectivity index is 0.00000144. The van der Waals surface area contributed by atoms with Gasteiger partial charge in [0, 0.05) is 5.82 Å². The van der Waals surface area contributed by atoms with Gasteiger partial charge in [0.2, 0.25) is 0 Å². The van der Waals surface area contributed by atoms with Crippen LogP contribution in [0.5, 0.6) is 0 Å². The first-order chi connectivity index (χ1) is 5.43. The summed E-state index contributed by atoms with van der Waals surface area (Å²) in [6, 6.07) is 2.78. The first kappa shape index (κ1) is 12.5. The van der Waals surface area contributed by atoms with Crippen molar-refractivity contribution >= 4 is 0 Å². The van der Waals surface area contributed by atoms with E-state index in [9.17, 15) is 22.0 Å². The summed E-state index contributed by atoms with van der Waals surface area (Å²) in [5.74, 6) is -3.53. The maximum atomic E-state index is 12.4. The molecule has 66 valence electrons. The van der Waals surface area contributed by atoms with Crippen molar-refractivity contribution in [2.75, 3.05) is 0 Å². The minimum Gasteiger partial charge on any atom is -0.281 e. The molecular weight excluding hydrogens is 186 g/mol. The van der Waals surface area contributed by atoms with Crippen LogP contribution in [0.2, 0.25) is 0 Å². The number of alkyl halides is 3. The summed E-state index contributed by atoms with van der Waals surface area (Å²) in [6.07, 6.45) is -4.86. The summed E-state index contributed by atoms with van der Waals surface area (Å²) in [6.45, 7) is 0. The number of benzene rings is 1. The second-order valence-electron chi connectivity index (χ2n) is 2.02. The van der Waals surface area contributed by atoms with Gasteiger partial charge in [0.1, 0.15) is 0 Å². The molecule has 0 aliphatic carbocycles. The fraction of sp³-hybridized carbons (Fsp3) is 0.143. The van der Waals surface area contributed by atoms with Gasteiger partial charge >= 0.3 is 25.0 Å². The zero-order valence-electron chi connectivity index (χ0n) is 6.54. The summed E-state index contributed by atoms with van der Waals surface area (Å²) < 4.78 is 60.0. The summed E-state index contributed by atoms with van der Waals surface area (Å²) in [4.78, 5) is 0. The first-order valence-electron chi connectivity index (χ1n) is 2.86. The molecule has 0 fully saturated rings. The number of hydrogen-bond acceptors (Lipinski definition) is 0. The van der Waals surface area contributed by atoms with E-state index in [1.165, 1.54) is 0 Å². The maximum Gasteiger partial charge on any atom is 1.00 e. The summed E-state index contributed by atoms with van der Waals surface area (Å²) in [5, 5.41) is 0. The SMILES string of the molecule is Fc1[c-]ccc(C(F)(F)F)c1F.[Li+]. The van der Waals surface area contributed by atoms with Gasteiger partial charge in [-0.3, -0.25) is 4.39 Å². The third kappa shape index (κ3) is 2.71. The Morgan fingerprint density at radius 3 is 2.08 bits per heavy atom. The largest absolute Gasteiger partial charge is 1.00 e. The number of rotatable bonds is 0. The van der Waals surface area contributed by atoms with Crippen molar-refractivity contribution in [2.45, 2.75) is 6.18 Å². The van der Waals surface area contributed by atoms with Crippen molar-refractivity contribution in [2.24, 2.45) is 0 Å². The maximum absolute atomic E-state index is 12.4. The van der Waals surface area contributed by atoms with Crippen LogP contribution in [-0.2, 0) is 6.18 Å². The smallest absolute Gasteiger partial charge is 0.281 e. The summed E-state index contributed by atoms with van der Waals surface area (Å²) >= 11 is 0. The number of hydrogen-bond donors (Lipinski definition) is 0. The van der Waals surface area contributed by atoms with Gasteiger partial charge in [-0.15, -0.1) is 6.07 Å². The van der Waals surface area contributed by atoms with Crippen LogP contribution in [0.4, 0.5) is 22.0 Å². The van der Waals surface area contributed by atoms with Crippen LogP contribution in [0.3, 0.4) is 0 Å². The third-order valence-electron chi connectivity index (χ3n) is 1.19. The quantitative estimate of drug-likeness (QED) is 0.300. The molecule has 1 rings (SSSR count). The molecule has 13 heavy (non-hydrogen) atoms. The Bertz CT molecular complexity index is 293. The normalized spacial score (nSPS) is 10.8. The molecule has 0 saturated carbocycles. The van der Waals surface area contributed by atoms with Gasteiger partial charge in [-0.25, -0.2) is 4.39 Å². The molecule has 0 saturated heterocycles. The molecule has 0 heterocycles. The van der Waals surface area contributed by atoms with E-state index in [-0.39, 0.29) is 18.9 Å². The van der Waals surface area contributed by atoms with Crippen molar-refractivity contribution in [3.63, 3.8) is 0 Å². The zero-order chi connectivity index (χ0) is 9.35. The predicted molar refractivity (Wildman–Crippen MR) is 30.2 cm³/mol. The number of halogens is 5. The van der Waals surface area contributed by atoms with Crippen LogP contribution in [0, 0.1) is 17.7 Å². The molecule has 0 N–H and O–H groups in total. The topological polar surface area (TPSA) is 0 Å². The van der Waals surface area contributed by atoms with E-state index in [0.717, 1.165) is 0 Å². The van der Waals surface area contributed by atoms with Crippen LogP contribution in [0.25, 0.3) is 0 Å². The van der Waals surface area contributed by atoms with Crippen LogP contribution in [0.15, 0.2) is 12.1 Å². The molecule has 0 nitrogen and oxygen atoms in total. The van der Waals surface area contributed by atoms with Crippen molar-refractivity contribution in [3.05, 3.63) is 35.4 Å². The molecule has 0 aliphatic heterocycles. The minimum absolute atomic E-state index is 0. The van der Waals surface area contributed by atoms with Crippen molar-refractivity contribution in [3.8, 4) is 0 Å². The second-order valence-corrected chi connectivity index (χ2v) is 2.02. The minimum atomic E-state index is -4.86. The van der Waals surface area contributed by atoms with Crippen molar-refractivity contribution in [1.29, 1.82) is 0 Å². The van der Waals surface area contributed by atoms with Crippen molar-refractivity contribution in [1.82, 2.24) is 0 Å². The Morgan fingerprint density at radius 2 is 1.69 bits per heavy atom. The molecule has 0 atom stereocenters. The molecular formula is C7H2F5Li. The molecule has 0 spiro atoms. The molecule has 6 heteroatoms. The van der Waals surface area contributed by atoms with Gasteiger partial charge in [-0.1, -0.05) is 0 Å². The van der Waals surface area contributed by atoms with Gasteiger partial charge in [-0.2, -0.15) is 25.3 Å². The summed E-state index contributed by atoms with van der Waals surface area (Å²) in [7, 11) is 0. The van der Waals surface area contributed by atoms with Gasteiger partial charge in [0.15, 0.2) is 0 Å². The van der Waals surface area contributed by atoms with Crippen LogP contribution >= 0.6 is 0 Å². The molecule has 1 aromatic rings. The first-order valence-corrected chi connectivity index (χ1v) is 2.86. The van der Waals surface area contributed by atoms with E-state index in [0.29, 0.717) is 12.1 Å². The molecule has 0 bridgehead atoms. The molecule has 1 aromatic carbocycles. The molecule has 0 aliphatic rings. The van der Waals surface area contributed by atoms with E-state index in [1.54, 1.807) is 6.07 Å². The Labute approximate surface area is 82.9 Å². The molecule has 0 amide bonds. The average Bonchev–Trinajstić information content (AvgIpc) is 1.92. The Hall–Kier alpha value is -0.533. The molecule has 0 radical (unpaired) electrons. The van der Waals surface area contributed by atoms with Gasteiger partial charge in [0.25, 0.3) is 0 Å². The van der Waals surface area contributed by atoms with Crippen LogP contribution in [0.1, 0.15) is 5.56 Å².